The van der Waals surface area contributed by atoms with Crippen LogP contribution in [0.4, 0.5) is 14.5 Å². The average molecular weight is 353 g/mol. The molecule has 128 valence electrons. The molecular formula is C17H17F2NO3S. The Labute approximate surface area is 139 Å². The largest absolute Gasteiger partial charge is 0.324 e. The molecule has 0 spiro atoms. The van der Waals surface area contributed by atoms with Gasteiger partial charge in [-0.05, 0) is 37.6 Å². The summed E-state index contributed by atoms with van der Waals surface area (Å²) >= 11 is 0. The van der Waals surface area contributed by atoms with Gasteiger partial charge >= 0.3 is 0 Å². The summed E-state index contributed by atoms with van der Waals surface area (Å²) in [4.78, 5) is 12.0. The Bertz CT molecular complexity index is 833. The van der Waals surface area contributed by atoms with Crippen molar-refractivity contribution >= 4 is 21.4 Å². The molecule has 2 rings (SSSR count). The van der Waals surface area contributed by atoms with Crippen molar-refractivity contribution in [3.8, 4) is 0 Å². The van der Waals surface area contributed by atoms with Crippen molar-refractivity contribution in [3.63, 3.8) is 0 Å². The van der Waals surface area contributed by atoms with Crippen molar-refractivity contribution in [1.29, 1.82) is 0 Å². The minimum Gasteiger partial charge on any atom is -0.324 e. The fourth-order valence-corrected chi connectivity index (χ4v) is 3.40. The molecule has 1 N–H and O–H groups in total. The highest BCUT2D eigenvalue weighted by atomic mass is 32.2. The molecule has 0 aromatic heterocycles. The maximum absolute atomic E-state index is 13.4. The highest BCUT2D eigenvalue weighted by molar-refractivity contribution is 7.91. The van der Waals surface area contributed by atoms with Crippen molar-refractivity contribution in [2.45, 2.75) is 24.7 Å². The molecule has 0 unspecified atom stereocenters. The van der Waals surface area contributed by atoms with Gasteiger partial charge in [-0.3, -0.25) is 4.79 Å². The number of nitrogens with one attached hydrogen (secondary N) is 1. The first-order valence-corrected chi connectivity index (χ1v) is 8.97. The monoisotopic (exact) mass is 353 g/mol. The fourth-order valence-electron chi connectivity index (χ4n) is 2.09. The van der Waals surface area contributed by atoms with Crippen LogP contribution in [0.25, 0.3) is 0 Å². The second-order valence-corrected chi connectivity index (χ2v) is 7.52. The van der Waals surface area contributed by atoms with Gasteiger partial charge in [0.25, 0.3) is 0 Å². The predicted molar refractivity (Wildman–Crippen MR) is 87.5 cm³/mol. The van der Waals surface area contributed by atoms with Crippen LogP contribution in [0.2, 0.25) is 0 Å². The molecule has 2 aromatic rings. The summed E-state index contributed by atoms with van der Waals surface area (Å²) in [6.45, 7) is 1.86. The number of rotatable bonds is 6. The molecule has 0 bridgehead atoms. The standard InChI is InChI=1S/C17H17F2NO3S/c1-12-4-7-14(8-5-12)24(22,23)10-2-3-17(21)20-16-9-6-13(18)11-15(16)19/h4-9,11H,2-3,10H2,1H3,(H,20,21). The van der Waals surface area contributed by atoms with Crippen molar-refractivity contribution in [2.75, 3.05) is 11.1 Å². The van der Waals surface area contributed by atoms with Crippen LogP contribution in [0.1, 0.15) is 18.4 Å². The molecule has 0 aliphatic heterocycles. The molecule has 0 saturated carbocycles. The summed E-state index contributed by atoms with van der Waals surface area (Å²) in [5, 5.41) is 2.30. The fraction of sp³-hybridized carbons (Fsp3) is 0.235. The van der Waals surface area contributed by atoms with E-state index in [1.165, 1.54) is 12.1 Å². The maximum Gasteiger partial charge on any atom is 0.224 e. The highest BCUT2D eigenvalue weighted by Gasteiger charge is 2.15. The minimum absolute atomic E-state index is 0.0814. The van der Waals surface area contributed by atoms with Gasteiger partial charge in [0.2, 0.25) is 5.91 Å². The lowest BCUT2D eigenvalue weighted by Gasteiger charge is -2.07. The maximum atomic E-state index is 13.4. The average Bonchev–Trinajstić information content (AvgIpc) is 2.50. The van der Waals surface area contributed by atoms with Gasteiger partial charge in [-0.15, -0.1) is 0 Å². The van der Waals surface area contributed by atoms with E-state index in [1.54, 1.807) is 12.1 Å². The second kappa shape index (κ2) is 7.53. The summed E-state index contributed by atoms with van der Waals surface area (Å²) in [7, 11) is -3.46. The minimum atomic E-state index is -3.46. The van der Waals surface area contributed by atoms with Crippen molar-refractivity contribution in [1.82, 2.24) is 0 Å². The Morgan fingerprint density at radius 3 is 2.38 bits per heavy atom. The van der Waals surface area contributed by atoms with Crippen LogP contribution < -0.4 is 5.32 Å². The number of hydrogen-bond donors (Lipinski definition) is 1. The number of carbonyl (C=O) groups is 1. The molecule has 0 atom stereocenters. The van der Waals surface area contributed by atoms with E-state index in [1.807, 2.05) is 6.92 Å². The van der Waals surface area contributed by atoms with Gasteiger partial charge in [0.1, 0.15) is 11.6 Å². The van der Waals surface area contributed by atoms with Crippen LogP contribution >= 0.6 is 0 Å². The van der Waals surface area contributed by atoms with Crippen LogP contribution in [0.5, 0.6) is 0 Å². The Kier molecular flexibility index (Phi) is 5.66. The van der Waals surface area contributed by atoms with E-state index < -0.39 is 27.4 Å². The quantitative estimate of drug-likeness (QED) is 0.865. The lowest BCUT2D eigenvalue weighted by molar-refractivity contribution is -0.116. The van der Waals surface area contributed by atoms with E-state index in [0.717, 1.165) is 17.7 Å². The lowest BCUT2D eigenvalue weighted by Crippen LogP contribution is -2.15. The van der Waals surface area contributed by atoms with E-state index in [9.17, 15) is 22.0 Å². The molecule has 0 fully saturated rings. The molecule has 0 aliphatic rings. The van der Waals surface area contributed by atoms with Crippen LogP contribution in [0.3, 0.4) is 0 Å². The molecule has 1 amide bonds. The molecule has 7 heteroatoms. The van der Waals surface area contributed by atoms with Gasteiger partial charge in [-0.25, -0.2) is 17.2 Å². The smallest absolute Gasteiger partial charge is 0.224 e. The molecule has 4 nitrogen and oxygen atoms in total. The first kappa shape index (κ1) is 18.1. The summed E-state index contributed by atoms with van der Waals surface area (Å²) in [6.07, 6.45) is 0.0206. The number of halogens is 2. The van der Waals surface area contributed by atoms with E-state index in [-0.39, 0.29) is 29.2 Å². The van der Waals surface area contributed by atoms with E-state index in [4.69, 9.17) is 0 Å². The Morgan fingerprint density at radius 1 is 1.08 bits per heavy atom. The van der Waals surface area contributed by atoms with E-state index in [2.05, 4.69) is 5.32 Å². The molecule has 24 heavy (non-hydrogen) atoms. The summed E-state index contributed by atoms with van der Waals surface area (Å²) in [5.41, 5.74) is 0.817. The lowest BCUT2D eigenvalue weighted by atomic mass is 10.2. The zero-order valence-electron chi connectivity index (χ0n) is 13.1. The number of anilines is 1. The van der Waals surface area contributed by atoms with Gasteiger partial charge < -0.3 is 5.32 Å². The van der Waals surface area contributed by atoms with Crippen LogP contribution in [-0.2, 0) is 14.6 Å². The second-order valence-electron chi connectivity index (χ2n) is 5.41. The molecule has 0 aliphatic carbocycles. The number of carbonyl (C=O) groups excluding carboxylic acids is 1. The molecule has 0 heterocycles. The zero-order chi connectivity index (χ0) is 17.7. The molecular weight excluding hydrogens is 336 g/mol. The third-order valence-corrected chi connectivity index (χ3v) is 5.22. The van der Waals surface area contributed by atoms with E-state index in [0.29, 0.717) is 6.07 Å². The normalized spacial score (nSPS) is 11.3. The number of benzene rings is 2. The van der Waals surface area contributed by atoms with Gasteiger partial charge in [0.05, 0.1) is 16.3 Å². The first-order chi connectivity index (χ1) is 11.3. The number of amides is 1. The molecule has 0 saturated heterocycles. The first-order valence-electron chi connectivity index (χ1n) is 7.32. The SMILES string of the molecule is Cc1ccc(S(=O)(=O)CCCC(=O)Nc2ccc(F)cc2F)cc1. The predicted octanol–water partition coefficient (Wildman–Crippen LogP) is 3.47. The van der Waals surface area contributed by atoms with Gasteiger partial charge in [0, 0.05) is 12.5 Å². The topological polar surface area (TPSA) is 63.2 Å². The summed E-state index contributed by atoms with van der Waals surface area (Å²) in [6, 6.07) is 9.27. The van der Waals surface area contributed by atoms with Crippen LogP contribution in [-0.4, -0.2) is 20.1 Å². The number of aryl methyl sites for hydroxylation is 1. The van der Waals surface area contributed by atoms with Crippen LogP contribution in [0, 0.1) is 18.6 Å². The summed E-state index contributed by atoms with van der Waals surface area (Å²) < 4.78 is 50.5. The van der Waals surface area contributed by atoms with Crippen molar-refractivity contribution in [2.24, 2.45) is 0 Å². The van der Waals surface area contributed by atoms with Gasteiger partial charge in [-0.2, -0.15) is 0 Å². The van der Waals surface area contributed by atoms with Crippen LogP contribution in [0.15, 0.2) is 47.4 Å². The highest BCUT2D eigenvalue weighted by Crippen LogP contribution is 2.16. The van der Waals surface area contributed by atoms with Crippen molar-refractivity contribution in [3.05, 3.63) is 59.7 Å². The van der Waals surface area contributed by atoms with Gasteiger partial charge in [0.15, 0.2) is 9.84 Å². The Hall–Kier alpha value is -2.28. The summed E-state index contributed by atoms with van der Waals surface area (Å²) in [5.74, 6) is -2.33. The third kappa shape index (κ3) is 4.86. The Balaban J connectivity index is 1.89. The number of hydrogen-bond acceptors (Lipinski definition) is 3. The van der Waals surface area contributed by atoms with E-state index >= 15 is 0 Å². The Morgan fingerprint density at radius 2 is 1.75 bits per heavy atom. The zero-order valence-corrected chi connectivity index (χ0v) is 13.9. The molecule has 0 radical (unpaired) electrons. The molecule has 2 aromatic carbocycles. The van der Waals surface area contributed by atoms with Gasteiger partial charge in [-0.1, -0.05) is 17.7 Å². The third-order valence-electron chi connectivity index (χ3n) is 3.40. The number of sulfone groups is 1. The van der Waals surface area contributed by atoms with Crippen molar-refractivity contribution < 1.29 is 22.0 Å².